The van der Waals surface area contributed by atoms with Gasteiger partial charge in [0.15, 0.2) is 11.5 Å². The van der Waals surface area contributed by atoms with Crippen LogP contribution in [0.3, 0.4) is 0 Å². The first kappa shape index (κ1) is 17.9. The van der Waals surface area contributed by atoms with Crippen molar-refractivity contribution in [2.45, 2.75) is 19.9 Å². The fourth-order valence-corrected chi connectivity index (χ4v) is 3.56. The Morgan fingerprint density at radius 1 is 1.04 bits per heavy atom. The van der Waals surface area contributed by atoms with Crippen LogP contribution in [0.25, 0.3) is 0 Å². The molecule has 0 N–H and O–H groups in total. The van der Waals surface area contributed by atoms with Gasteiger partial charge in [-0.05, 0) is 18.4 Å². The third-order valence-electron chi connectivity index (χ3n) is 5.29. The average molecular weight is 348 g/mol. The summed E-state index contributed by atoms with van der Waals surface area (Å²) in [5.41, 5.74) is 1.07. The van der Waals surface area contributed by atoms with Crippen molar-refractivity contribution in [1.82, 2.24) is 9.80 Å². The van der Waals surface area contributed by atoms with Crippen molar-refractivity contribution in [2.75, 3.05) is 47.5 Å². The molecule has 0 spiro atoms. The highest BCUT2D eigenvalue weighted by molar-refractivity contribution is 5.81. The smallest absolute Gasteiger partial charge is 0.226 e. The molecule has 1 heterocycles. The summed E-state index contributed by atoms with van der Waals surface area (Å²) in [4.78, 5) is 16.7. The van der Waals surface area contributed by atoms with Gasteiger partial charge >= 0.3 is 0 Å². The predicted octanol–water partition coefficient (Wildman–Crippen LogP) is 2.01. The zero-order valence-corrected chi connectivity index (χ0v) is 15.6. The first-order valence-corrected chi connectivity index (χ1v) is 8.88. The molecule has 2 fully saturated rings. The first-order valence-electron chi connectivity index (χ1n) is 8.88. The van der Waals surface area contributed by atoms with Crippen LogP contribution in [0.4, 0.5) is 0 Å². The number of benzene rings is 1. The molecule has 0 bridgehead atoms. The Morgan fingerprint density at radius 2 is 1.68 bits per heavy atom. The first-order chi connectivity index (χ1) is 12.1. The van der Waals surface area contributed by atoms with E-state index in [-0.39, 0.29) is 5.92 Å². The molecule has 1 saturated heterocycles. The average Bonchev–Trinajstić information content (AvgIpc) is 3.37. The van der Waals surface area contributed by atoms with Crippen LogP contribution in [-0.4, -0.2) is 63.2 Å². The Balaban J connectivity index is 1.63. The number of nitrogens with zero attached hydrogens (tertiary/aromatic N) is 2. The van der Waals surface area contributed by atoms with Crippen molar-refractivity contribution in [2.24, 2.45) is 11.8 Å². The van der Waals surface area contributed by atoms with Crippen LogP contribution in [0, 0.1) is 11.8 Å². The molecule has 25 heavy (non-hydrogen) atoms. The molecule has 6 nitrogen and oxygen atoms in total. The lowest BCUT2D eigenvalue weighted by atomic mass is 10.1. The van der Waals surface area contributed by atoms with Crippen molar-refractivity contribution in [3.05, 3.63) is 17.7 Å². The van der Waals surface area contributed by atoms with Crippen LogP contribution in [0.15, 0.2) is 12.1 Å². The van der Waals surface area contributed by atoms with E-state index in [1.54, 1.807) is 21.3 Å². The van der Waals surface area contributed by atoms with Gasteiger partial charge in [-0.3, -0.25) is 9.69 Å². The zero-order chi connectivity index (χ0) is 18.0. The van der Waals surface area contributed by atoms with Crippen molar-refractivity contribution < 1.29 is 19.0 Å². The molecule has 2 atom stereocenters. The normalized spacial score (nSPS) is 23.3. The summed E-state index contributed by atoms with van der Waals surface area (Å²) in [6.07, 6.45) is 1.06. The highest BCUT2D eigenvalue weighted by Crippen LogP contribution is 2.41. The summed E-state index contributed by atoms with van der Waals surface area (Å²) in [6, 6.07) is 3.93. The quantitative estimate of drug-likeness (QED) is 0.787. The van der Waals surface area contributed by atoms with Crippen molar-refractivity contribution >= 4 is 5.91 Å². The summed E-state index contributed by atoms with van der Waals surface area (Å²) in [7, 11) is 4.88. The van der Waals surface area contributed by atoms with Gasteiger partial charge in [0.2, 0.25) is 11.7 Å². The number of ether oxygens (including phenoxy) is 3. The van der Waals surface area contributed by atoms with E-state index in [1.165, 1.54) is 0 Å². The molecular formula is C19H28N2O4. The largest absolute Gasteiger partial charge is 0.493 e. The number of rotatable bonds is 6. The van der Waals surface area contributed by atoms with Crippen LogP contribution in [0.5, 0.6) is 17.2 Å². The molecule has 0 aromatic heterocycles. The molecular weight excluding hydrogens is 320 g/mol. The Kier molecular flexibility index (Phi) is 5.37. The lowest BCUT2D eigenvalue weighted by Gasteiger charge is -2.35. The van der Waals surface area contributed by atoms with Gasteiger partial charge < -0.3 is 19.1 Å². The van der Waals surface area contributed by atoms with E-state index in [4.69, 9.17) is 14.2 Å². The second kappa shape index (κ2) is 7.52. The molecule has 1 saturated carbocycles. The SMILES string of the molecule is COc1ccc(CN2CCN(C(=O)C3CC3C)CC2)c(OC)c1OC. The van der Waals surface area contributed by atoms with Crippen LogP contribution in [0.2, 0.25) is 0 Å². The van der Waals surface area contributed by atoms with Gasteiger partial charge in [-0.25, -0.2) is 0 Å². The van der Waals surface area contributed by atoms with E-state index in [9.17, 15) is 4.79 Å². The van der Waals surface area contributed by atoms with Gasteiger partial charge in [0.25, 0.3) is 0 Å². The maximum Gasteiger partial charge on any atom is 0.226 e. The Bertz CT molecular complexity index is 626. The summed E-state index contributed by atoms with van der Waals surface area (Å²) >= 11 is 0. The minimum Gasteiger partial charge on any atom is -0.493 e. The second-order valence-corrected chi connectivity index (χ2v) is 6.91. The molecule has 2 aliphatic rings. The van der Waals surface area contributed by atoms with E-state index < -0.39 is 0 Å². The fraction of sp³-hybridized carbons (Fsp3) is 0.632. The highest BCUT2D eigenvalue weighted by atomic mass is 16.5. The Labute approximate surface area is 149 Å². The topological polar surface area (TPSA) is 51.2 Å². The zero-order valence-electron chi connectivity index (χ0n) is 15.6. The van der Waals surface area contributed by atoms with E-state index in [0.29, 0.717) is 29.1 Å². The molecule has 138 valence electrons. The van der Waals surface area contributed by atoms with Gasteiger partial charge in [-0.15, -0.1) is 0 Å². The third kappa shape index (κ3) is 3.68. The molecule has 1 aliphatic heterocycles. The summed E-state index contributed by atoms with van der Waals surface area (Å²) < 4.78 is 16.4. The van der Waals surface area contributed by atoms with Crippen molar-refractivity contribution in [3.8, 4) is 17.2 Å². The molecule has 1 aromatic carbocycles. The second-order valence-electron chi connectivity index (χ2n) is 6.91. The molecule has 1 aliphatic carbocycles. The number of carbonyl (C=O) groups excluding carboxylic acids is 1. The minimum atomic E-state index is 0.275. The maximum absolute atomic E-state index is 12.3. The predicted molar refractivity (Wildman–Crippen MR) is 95.2 cm³/mol. The summed E-state index contributed by atoms with van der Waals surface area (Å²) in [5, 5.41) is 0. The summed E-state index contributed by atoms with van der Waals surface area (Å²) in [5.74, 6) is 3.19. The van der Waals surface area contributed by atoms with Gasteiger partial charge in [0.1, 0.15) is 0 Å². The molecule has 0 radical (unpaired) electrons. The number of carbonyl (C=O) groups is 1. The molecule has 6 heteroatoms. The number of hydrogen-bond acceptors (Lipinski definition) is 5. The molecule has 3 rings (SSSR count). The van der Waals surface area contributed by atoms with Crippen LogP contribution >= 0.6 is 0 Å². The van der Waals surface area contributed by atoms with Gasteiger partial charge in [-0.2, -0.15) is 0 Å². The van der Waals surface area contributed by atoms with E-state index in [1.807, 2.05) is 17.0 Å². The van der Waals surface area contributed by atoms with Gasteiger partial charge in [0.05, 0.1) is 21.3 Å². The lowest BCUT2D eigenvalue weighted by molar-refractivity contribution is -0.134. The molecule has 1 aromatic rings. The maximum atomic E-state index is 12.3. The number of piperazine rings is 1. The van der Waals surface area contributed by atoms with Gasteiger partial charge in [0, 0.05) is 44.2 Å². The highest BCUT2D eigenvalue weighted by Gasteiger charge is 2.41. The van der Waals surface area contributed by atoms with E-state index in [2.05, 4.69) is 11.8 Å². The van der Waals surface area contributed by atoms with Crippen molar-refractivity contribution in [3.63, 3.8) is 0 Å². The number of amides is 1. The van der Waals surface area contributed by atoms with Crippen LogP contribution in [0.1, 0.15) is 18.9 Å². The van der Waals surface area contributed by atoms with E-state index in [0.717, 1.165) is 44.7 Å². The third-order valence-corrected chi connectivity index (χ3v) is 5.29. The molecule has 1 amide bonds. The molecule has 2 unspecified atom stereocenters. The van der Waals surface area contributed by atoms with Crippen LogP contribution < -0.4 is 14.2 Å². The standard InChI is InChI=1S/C19H28N2O4/c1-13-11-15(13)19(22)21-9-7-20(8-10-21)12-14-5-6-16(23-2)18(25-4)17(14)24-3/h5-6,13,15H,7-12H2,1-4H3. The summed E-state index contributed by atoms with van der Waals surface area (Å²) in [6.45, 7) is 6.29. The Hall–Kier alpha value is -1.95. The lowest BCUT2D eigenvalue weighted by Crippen LogP contribution is -2.48. The monoisotopic (exact) mass is 348 g/mol. The minimum absolute atomic E-state index is 0.275. The Morgan fingerprint density at radius 3 is 2.20 bits per heavy atom. The number of methoxy groups -OCH3 is 3. The van der Waals surface area contributed by atoms with Gasteiger partial charge in [-0.1, -0.05) is 13.0 Å². The van der Waals surface area contributed by atoms with Crippen LogP contribution in [-0.2, 0) is 11.3 Å². The van der Waals surface area contributed by atoms with Crippen molar-refractivity contribution in [1.29, 1.82) is 0 Å². The fourth-order valence-electron chi connectivity index (χ4n) is 3.56. The van der Waals surface area contributed by atoms with E-state index >= 15 is 0 Å². The number of hydrogen-bond donors (Lipinski definition) is 0.